The largest absolute Gasteiger partial charge is 0.389 e. The Labute approximate surface area is 87.2 Å². The Balaban J connectivity index is 2.27. The third-order valence-electron chi connectivity index (χ3n) is 4.56. The van der Waals surface area contributed by atoms with E-state index in [0.29, 0.717) is 17.8 Å². The molecule has 2 aliphatic rings. The molecule has 0 bridgehead atoms. The van der Waals surface area contributed by atoms with Crippen LogP contribution in [0.5, 0.6) is 0 Å². The average Bonchev–Trinajstić information content (AvgIpc) is 2.15. The molecule has 4 atom stereocenters. The molecule has 2 aliphatic carbocycles. The summed E-state index contributed by atoms with van der Waals surface area (Å²) in [6.45, 7) is 8.67. The highest BCUT2D eigenvalue weighted by atomic mass is 16.3. The van der Waals surface area contributed by atoms with Crippen molar-refractivity contribution in [3.05, 3.63) is 12.2 Å². The lowest BCUT2D eigenvalue weighted by atomic mass is 9.58. The van der Waals surface area contributed by atoms with E-state index < -0.39 is 5.60 Å². The Hall–Kier alpha value is -0.300. The second-order valence-corrected chi connectivity index (χ2v) is 5.40. The highest BCUT2D eigenvalue weighted by Crippen LogP contribution is 2.50. The van der Waals surface area contributed by atoms with Gasteiger partial charge in [-0.25, -0.2) is 0 Å². The first kappa shape index (κ1) is 10.2. The third kappa shape index (κ3) is 1.33. The van der Waals surface area contributed by atoms with Crippen LogP contribution in [0.4, 0.5) is 0 Å². The second kappa shape index (κ2) is 3.37. The minimum Gasteiger partial charge on any atom is -0.389 e. The van der Waals surface area contributed by atoms with Crippen LogP contribution in [0.1, 0.15) is 46.0 Å². The molecule has 80 valence electrons. The van der Waals surface area contributed by atoms with Gasteiger partial charge in [-0.2, -0.15) is 0 Å². The lowest BCUT2D eigenvalue weighted by Gasteiger charge is -2.51. The maximum atomic E-state index is 10.7. The predicted octanol–water partition coefficient (Wildman–Crippen LogP) is 3.14. The summed E-state index contributed by atoms with van der Waals surface area (Å²) in [5.74, 6) is 1.44. The van der Waals surface area contributed by atoms with Crippen molar-refractivity contribution in [2.75, 3.05) is 0 Å². The molecule has 1 N–H and O–H groups in total. The number of aliphatic hydroxyl groups is 1. The van der Waals surface area contributed by atoms with Gasteiger partial charge >= 0.3 is 0 Å². The first-order valence-corrected chi connectivity index (χ1v) is 5.96. The van der Waals surface area contributed by atoms with E-state index in [0.717, 1.165) is 19.3 Å². The minimum atomic E-state index is -0.415. The summed E-state index contributed by atoms with van der Waals surface area (Å²) in [5.41, 5.74) is 0.896. The van der Waals surface area contributed by atoms with E-state index in [4.69, 9.17) is 0 Å². The van der Waals surface area contributed by atoms with E-state index >= 15 is 0 Å². The molecule has 0 aliphatic heterocycles. The molecule has 2 saturated carbocycles. The summed E-state index contributed by atoms with van der Waals surface area (Å²) in [5, 5.41) is 10.7. The van der Waals surface area contributed by atoms with Gasteiger partial charge in [0.1, 0.15) is 0 Å². The summed E-state index contributed by atoms with van der Waals surface area (Å²) >= 11 is 0. The van der Waals surface area contributed by atoms with Crippen molar-refractivity contribution in [2.24, 2.45) is 17.8 Å². The van der Waals surface area contributed by atoms with E-state index in [1.807, 2.05) is 0 Å². The summed E-state index contributed by atoms with van der Waals surface area (Å²) < 4.78 is 0. The number of hydrogen-bond acceptors (Lipinski definition) is 1. The first-order chi connectivity index (χ1) is 6.55. The van der Waals surface area contributed by atoms with E-state index in [1.54, 1.807) is 0 Å². The van der Waals surface area contributed by atoms with Gasteiger partial charge in [0.25, 0.3) is 0 Å². The minimum absolute atomic E-state index is 0.384. The van der Waals surface area contributed by atoms with Gasteiger partial charge in [-0.05, 0) is 31.1 Å². The summed E-state index contributed by atoms with van der Waals surface area (Å²) in [6, 6.07) is 0. The SMILES string of the molecule is C=C1[C@@H](C)C[C@H](C)[C@]2(O)CCCC[C@@H]12. The lowest BCUT2D eigenvalue weighted by Crippen LogP contribution is -2.51. The average molecular weight is 194 g/mol. The van der Waals surface area contributed by atoms with Crippen molar-refractivity contribution in [3.63, 3.8) is 0 Å². The molecule has 0 amide bonds. The Morgan fingerprint density at radius 3 is 2.79 bits per heavy atom. The molecular weight excluding hydrogens is 172 g/mol. The topological polar surface area (TPSA) is 20.2 Å². The Bertz CT molecular complexity index is 246. The number of fused-ring (bicyclic) bond motifs is 1. The van der Waals surface area contributed by atoms with Gasteiger partial charge in [0.2, 0.25) is 0 Å². The van der Waals surface area contributed by atoms with Crippen LogP contribution in [0.15, 0.2) is 12.2 Å². The molecule has 1 nitrogen and oxygen atoms in total. The fourth-order valence-electron chi connectivity index (χ4n) is 3.51. The molecule has 0 aromatic rings. The molecule has 0 radical (unpaired) electrons. The summed E-state index contributed by atoms with van der Waals surface area (Å²) in [4.78, 5) is 0. The van der Waals surface area contributed by atoms with Crippen molar-refractivity contribution in [2.45, 2.75) is 51.6 Å². The van der Waals surface area contributed by atoms with Crippen LogP contribution in [0.25, 0.3) is 0 Å². The van der Waals surface area contributed by atoms with Crippen molar-refractivity contribution in [1.29, 1.82) is 0 Å². The van der Waals surface area contributed by atoms with Gasteiger partial charge in [-0.3, -0.25) is 0 Å². The molecule has 14 heavy (non-hydrogen) atoms. The van der Waals surface area contributed by atoms with Crippen molar-refractivity contribution in [3.8, 4) is 0 Å². The maximum absolute atomic E-state index is 10.7. The van der Waals surface area contributed by atoms with Crippen LogP contribution in [-0.2, 0) is 0 Å². The molecule has 2 fully saturated rings. The highest BCUT2D eigenvalue weighted by Gasteiger charge is 2.48. The summed E-state index contributed by atoms with van der Waals surface area (Å²) in [7, 11) is 0. The van der Waals surface area contributed by atoms with Gasteiger partial charge in [-0.1, -0.05) is 38.8 Å². The predicted molar refractivity (Wildman–Crippen MR) is 59.0 cm³/mol. The number of rotatable bonds is 0. The second-order valence-electron chi connectivity index (χ2n) is 5.40. The molecule has 0 spiro atoms. The number of hydrogen-bond donors (Lipinski definition) is 1. The van der Waals surface area contributed by atoms with Crippen LogP contribution in [0, 0.1) is 17.8 Å². The molecule has 2 rings (SSSR count). The molecule has 0 aromatic carbocycles. The Kier molecular flexibility index (Phi) is 2.46. The standard InChI is InChI=1S/C13H22O/c1-9-8-10(2)13(14)7-5-4-6-12(13)11(9)3/h9-10,12,14H,3-8H2,1-2H3/t9-,10-,12-,13+/m0/s1. The maximum Gasteiger partial charge on any atom is 0.0738 e. The lowest BCUT2D eigenvalue weighted by molar-refractivity contribution is -0.0992. The molecule has 0 aromatic heterocycles. The molecule has 1 heteroatoms. The Morgan fingerprint density at radius 1 is 1.36 bits per heavy atom. The normalized spacial score (nSPS) is 48.8. The zero-order chi connectivity index (χ0) is 10.3. The van der Waals surface area contributed by atoms with Gasteiger partial charge in [0.15, 0.2) is 0 Å². The van der Waals surface area contributed by atoms with Gasteiger partial charge in [-0.15, -0.1) is 0 Å². The molecule has 0 unspecified atom stereocenters. The fourth-order valence-corrected chi connectivity index (χ4v) is 3.51. The highest BCUT2D eigenvalue weighted by molar-refractivity contribution is 5.18. The van der Waals surface area contributed by atoms with Crippen LogP contribution in [0.3, 0.4) is 0 Å². The van der Waals surface area contributed by atoms with Crippen LogP contribution >= 0.6 is 0 Å². The fraction of sp³-hybridized carbons (Fsp3) is 0.846. The molecule has 0 heterocycles. The van der Waals surface area contributed by atoms with Crippen LogP contribution in [-0.4, -0.2) is 10.7 Å². The quantitative estimate of drug-likeness (QED) is 0.587. The first-order valence-electron chi connectivity index (χ1n) is 5.96. The van der Waals surface area contributed by atoms with Crippen LogP contribution in [0.2, 0.25) is 0 Å². The van der Waals surface area contributed by atoms with E-state index in [2.05, 4.69) is 20.4 Å². The van der Waals surface area contributed by atoms with Crippen molar-refractivity contribution >= 4 is 0 Å². The Morgan fingerprint density at radius 2 is 2.07 bits per heavy atom. The smallest absolute Gasteiger partial charge is 0.0738 e. The van der Waals surface area contributed by atoms with E-state index in [-0.39, 0.29) is 0 Å². The van der Waals surface area contributed by atoms with Crippen LogP contribution < -0.4 is 0 Å². The zero-order valence-electron chi connectivity index (χ0n) is 9.42. The van der Waals surface area contributed by atoms with Crippen molar-refractivity contribution < 1.29 is 5.11 Å². The summed E-state index contributed by atoms with van der Waals surface area (Å²) in [6.07, 6.45) is 5.73. The van der Waals surface area contributed by atoms with Gasteiger partial charge < -0.3 is 5.11 Å². The zero-order valence-corrected chi connectivity index (χ0v) is 9.42. The third-order valence-corrected chi connectivity index (χ3v) is 4.56. The van der Waals surface area contributed by atoms with Gasteiger partial charge in [0, 0.05) is 5.92 Å². The van der Waals surface area contributed by atoms with E-state index in [1.165, 1.54) is 18.4 Å². The van der Waals surface area contributed by atoms with E-state index in [9.17, 15) is 5.11 Å². The van der Waals surface area contributed by atoms with Crippen molar-refractivity contribution in [1.82, 2.24) is 0 Å². The molecular formula is C13H22O. The molecule has 0 saturated heterocycles. The van der Waals surface area contributed by atoms with Gasteiger partial charge in [0.05, 0.1) is 5.60 Å². The monoisotopic (exact) mass is 194 g/mol.